The first kappa shape index (κ1) is 17.2. The highest BCUT2D eigenvalue weighted by atomic mass is 16.5. The molecular weight excluding hydrogens is 290 g/mol. The van der Waals surface area contributed by atoms with Crippen LogP contribution in [0.3, 0.4) is 0 Å². The van der Waals surface area contributed by atoms with Crippen LogP contribution in [0.1, 0.15) is 38.2 Å². The zero-order valence-electron chi connectivity index (χ0n) is 14.1. The third kappa shape index (κ3) is 5.51. The average Bonchev–Trinajstić information content (AvgIpc) is 3.04. The molecule has 5 nitrogen and oxygen atoms in total. The summed E-state index contributed by atoms with van der Waals surface area (Å²) in [6, 6.07) is 5.84. The lowest BCUT2D eigenvalue weighted by molar-refractivity contribution is 0.207. The quantitative estimate of drug-likeness (QED) is 0.461. The van der Waals surface area contributed by atoms with E-state index in [1.165, 1.54) is 12.8 Å². The van der Waals surface area contributed by atoms with Gasteiger partial charge in [-0.15, -0.1) is 0 Å². The van der Waals surface area contributed by atoms with Crippen molar-refractivity contribution in [2.45, 2.75) is 45.3 Å². The van der Waals surface area contributed by atoms with Crippen LogP contribution < -0.4 is 20.5 Å². The predicted molar refractivity (Wildman–Crippen MR) is 94.0 cm³/mol. The monoisotopic (exact) mass is 317 g/mol. The van der Waals surface area contributed by atoms with Crippen molar-refractivity contribution in [1.29, 1.82) is 0 Å². The van der Waals surface area contributed by atoms with Crippen LogP contribution in [0.5, 0.6) is 11.5 Å². The molecule has 0 amide bonds. The first-order chi connectivity index (χ1) is 11.1. The molecule has 1 aliphatic carbocycles. The third-order valence-corrected chi connectivity index (χ3v) is 3.86. The fourth-order valence-corrected chi connectivity index (χ4v) is 2.56. The summed E-state index contributed by atoms with van der Waals surface area (Å²) in [5.41, 5.74) is 7.90. The maximum atomic E-state index is 6.15. The molecule has 1 aliphatic rings. The second-order valence-corrected chi connectivity index (χ2v) is 6.01. The molecule has 0 aliphatic heterocycles. The van der Waals surface area contributed by atoms with Crippen molar-refractivity contribution in [2.75, 3.05) is 13.7 Å². The minimum Gasteiger partial charge on any atom is -0.497 e. The molecular formula is C18H27N3O2. The molecule has 5 heteroatoms. The Hall–Kier alpha value is -2.17. The lowest BCUT2D eigenvalue weighted by Gasteiger charge is -2.17. The molecule has 3 N–H and O–H groups in total. The van der Waals surface area contributed by atoms with Crippen LogP contribution in [0.25, 0.3) is 0 Å². The molecule has 126 valence electrons. The number of hydrogen-bond donors (Lipinski definition) is 2. The van der Waals surface area contributed by atoms with E-state index in [4.69, 9.17) is 15.2 Å². The Kier molecular flexibility index (Phi) is 6.32. The lowest BCUT2D eigenvalue weighted by atomic mass is 10.2. The predicted octanol–water partition coefficient (Wildman–Crippen LogP) is 3.00. The minimum absolute atomic E-state index is 0.295. The van der Waals surface area contributed by atoms with E-state index in [9.17, 15) is 0 Å². The number of nitrogens with zero attached hydrogens (tertiary/aromatic N) is 1. The summed E-state index contributed by atoms with van der Waals surface area (Å²) in [5.74, 6) is 2.04. The van der Waals surface area contributed by atoms with E-state index in [1.807, 2.05) is 25.1 Å². The van der Waals surface area contributed by atoms with Crippen LogP contribution in [-0.4, -0.2) is 25.7 Å². The minimum atomic E-state index is 0.295. The number of rotatable bonds is 7. The van der Waals surface area contributed by atoms with Gasteiger partial charge in [-0.1, -0.05) is 12.2 Å². The fourth-order valence-electron chi connectivity index (χ4n) is 2.56. The summed E-state index contributed by atoms with van der Waals surface area (Å²) in [6.07, 6.45) is 4.99. The summed E-state index contributed by atoms with van der Waals surface area (Å²) in [4.78, 5) is 4.38. The standard InChI is InChI=1S/C18H27N3O2/c1-13(2)11-20-18(19)21-12-14-8-9-16(22-3)10-17(14)23-15-6-4-5-7-15/h8-10,15H,1,4-7,11-12H2,2-3H3,(H3,19,20,21). The van der Waals surface area contributed by atoms with Crippen LogP contribution in [-0.2, 0) is 6.54 Å². The van der Waals surface area contributed by atoms with Gasteiger partial charge in [0.2, 0.25) is 0 Å². The van der Waals surface area contributed by atoms with Gasteiger partial charge >= 0.3 is 0 Å². The lowest BCUT2D eigenvalue weighted by Crippen LogP contribution is -2.32. The van der Waals surface area contributed by atoms with Gasteiger partial charge in [-0.2, -0.15) is 0 Å². The molecule has 1 saturated carbocycles. The molecule has 0 bridgehead atoms. The highest BCUT2D eigenvalue weighted by Crippen LogP contribution is 2.30. The third-order valence-electron chi connectivity index (χ3n) is 3.86. The van der Waals surface area contributed by atoms with Crippen LogP contribution >= 0.6 is 0 Å². The van der Waals surface area contributed by atoms with Crippen molar-refractivity contribution in [3.8, 4) is 11.5 Å². The van der Waals surface area contributed by atoms with E-state index in [0.29, 0.717) is 25.2 Å². The largest absolute Gasteiger partial charge is 0.497 e. The van der Waals surface area contributed by atoms with Gasteiger partial charge in [0.15, 0.2) is 5.96 Å². The van der Waals surface area contributed by atoms with E-state index in [2.05, 4.69) is 16.9 Å². The Morgan fingerprint density at radius 1 is 1.39 bits per heavy atom. The average molecular weight is 317 g/mol. The molecule has 0 heterocycles. The van der Waals surface area contributed by atoms with Crippen molar-refractivity contribution < 1.29 is 9.47 Å². The summed E-state index contributed by atoms with van der Waals surface area (Å²) < 4.78 is 11.5. The van der Waals surface area contributed by atoms with Gasteiger partial charge in [0.1, 0.15) is 11.5 Å². The first-order valence-electron chi connectivity index (χ1n) is 8.10. The van der Waals surface area contributed by atoms with Gasteiger partial charge in [-0.25, -0.2) is 4.99 Å². The van der Waals surface area contributed by atoms with Crippen LogP contribution in [0.2, 0.25) is 0 Å². The molecule has 0 aromatic heterocycles. The molecule has 0 saturated heterocycles. The van der Waals surface area contributed by atoms with Crippen LogP contribution in [0.15, 0.2) is 35.3 Å². The summed E-state index contributed by atoms with van der Waals surface area (Å²) in [6.45, 7) is 6.87. The number of nitrogens with one attached hydrogen (secondary N) is 1. The van der Waals surface area contributed by atoms with E-state index >= 15 is 0 Å². The number of guanidine groups is 1. The van der Waals surface area contributed by atoms with Gasteiger partial charge in [-0.05, 0) is 44.7 Å². The van der Waals surface area contributed by atoms with E-state index in [0.717, 1.165) is 35.5 Å². The Morgan fingerprint density at radius 2 is 2.13 bits per heavy atom. The molecule has 0 atom stereocenters. The molecule has 0 radical (unpaired) electrons. The normalized spacial score (nSPS) is 15.5. The van der Waals surface area contributed by atoms with Crippen molar-refractivity contribution in [3.63, 3.8) is 0 Å². The number of benzene rings is 1. The van der Waals surface area contributed by atoms with Gasteiger partial charge in [0.25, 0.3) is 0 Å². The second-order valence-electron chi connectivity index (χ2n) is 6.01. The van der Waals surface area contributed by atoms with Crippen molar-refractivity contribution in [1.82, 2.24) is 5.32 Å². The number of hydrogen-bond acceptors (Lipinski definition) is 3. The maximum absolute atomic E-state index is 6.15. The molecule has 0 spiro atoms. The van der Waals surface area contributed by atoms with Crippen molar-refractivity contribution in [2.24, 2.45) is 10.7 Å². The van der Waals surface area contributed by atoms with Gasteiger partial charge in [-0.3, -0.25) is 0 Å². The Labute approximate surface area is 138 Å². The highest BCUT2D eigenvalue weighted by molar-refractivity contribution is 5.78. The molecule has 0 unspecified atom stereocenters. The Morgan fingerprint density at radius 3 is 2.78 bits per heavy atom. The van der Waals surface area contributed by atoms with Gasteiger partial charge < -0.3 is 20.5 Å². The number of methoxy groups -OCH3 is 1. The van der Waals surface area contributed by atoms with Crippen LogP contribution in [0, 0.1) is 0 Å². The SMILES string of the molecule is C=C(C)CNC(N)=NCc1ccc(OC)cc1OC1CCCC1. The zero-order valence-corrected chi connectivity index (χ0v) is 14.1. The topological polar surface area (TPSA) is 68.9 Å². The van der Waals surface area contributed by atoms with E-state index < -0.39 is 0 Å². The van der Waals surface area contributed by atoms with Crippen LogP contribution in [0.4, 0.5) is 0 Å². The highest BCUT2D eigenvalue weighted by Gasteiger charge is 2.18. The number of ether oxygens (including phenoxy) is 2. The van der Waals surface area contributed by atoms with E-state index in [1.54, 1.807) is 7.11 Å². The number of nitrogens with two attached hydrogens (primary N) is 1. The second kappa shape index (κ2) is 8.46. The summed E-state index contributed by atoms with van der Waals surface area (Å²) in [5, 5.41) is 3.03. The molecule has 2 rings (SSSR count). The molecule has 1 aromatic carbocycles. The van der Waals surface area contributed by atoms with Crippen molar-refractivity contribution in [3.05, 3.63) is 35.9 Å². The molecule has 23 heavy (non-hydrogen) atoms. The summed E-state index contributed by atoms with van der Waals surface area (Å²) >= 11 is 0. The number of aliphatic imine (C=N–C) groups is 1. The fraction of sp³-hybridized carbons (Fsp3) is 0.500. The van der Waals surface area contributed by atoms with E-state index in [-0.39, 0.29) is 0 Å². The van der Waals surface area contributed by atoms with Gasteiger partial charge in [0, 0.05) is 18.2 Å². The van der Waals surface area contributed by atoms with Crippen molar-refractivity contribution >= 4 is 5.96 Å². The Bertz CT molecular complexity index is 563. The molecule has 1 fully saturated rings. The van der Waals surface area contributed by atoms with Gasteiger partial charge in [0.05, 0.1) is 19.8 Å². The Balaban J connectivity index is 2.06. The summed E-state index contributed by atoms with van der Waals surface area (Å²) in [7, 11) is 1.66. The zero-order chi connectivity index (χ0) is 16.7. The smallest absolute Gasteiger partial charge is 0.189 e. The first-order valence-corrected chi connectivity index (χ1v) is 8.10. The maximum Gasteiger partial charge on any atom is 0.189 e. The molecule has 1 aromatic rings.